The van der Waals surface area contributed by atoms with Gasteiger partial charge in [0, 0.05) is 55.7 Å². The van der Waals surface area contributed by atoms with Crippen molar-refractivity contribution in [2.45, 2.75) is 0 Å². The molecule has 0 aliphatic rings. The van der Waals surface area contributed by atoms with E-state index in [4.69, 9.17) is 24.9 Å². The SMILES string of the molecule is c1ccc(-c2cc(-c3cccc(-c4ccc5c(c4)nc(-c4ccc6ccccc6c4)c4c(-c6ccccn6)c(-c6ccccn6)sc45)c3)nc(-c3ccccc3)n2)cc1. The molecule has 0 fully saturated rings. The number of aromatic nitrogens is 5. The number of thiophene rings is 1. The second-order valence-corrected chi connectivity index (χ2v) is 15.5. The Kier molecular flexibility index (Phi) is 8.60. The largest absolute Gasteiger partial charge is 0.256 e. The minimum Gasteiger partial charge on any atom is -0.256 e. The van der Waals surface area contributed by atoms with E-state index in [2.05, 4.69) is 127 Å². The zero-order chi connectivity index (χ0) is 39.1. The van der Waals surface area contributed by atoms with Gasteiger partial charge in [-0.15, -0.1) is 11.3 Å². The quantitative estimate of drug-likeness (QED) is 0.161. The third-order valence-electron chi connectivity index (χ3n) is 10.8. The van der Waals surface area contributed by atoms with Crippen LogP contribution in [-0.4, -0.2) is 24.9 Å². The minimum atomic E-state index is 0.693. The first-order chi connectivity index (χ1) is 29.2. The standard InChI is InChI=1S/C53H33N5S/c1-3-15-35(16-4-1)45-33-46(58-53(57-45)36-17-5-2-6-18-36)40-21-13-20-38(30-40)39-26-27-42-47(32-39)56-50(41-25-24-34-14-7-8-19-37(34)31-41)49-48(43-22-9-11-28-54-43)52(59-51(42)49)44-23-10-12-29-55-44/h1-33H. The third-order valence-corrected chi connectivity index (χ3v) is 12.0. The second kappa shape index (κ2) is 14.7. The summed E-state index contributed by atoms with van der Waals surface area (Å²) < 4.78 is 1.16. The van der Waals surface area contributed by atoms with Gasteiger partial charge in [0.2, 0.25) is 0 Å². The summed E-state index contributed by atoms with van der Waals surface area (Å²) in [7, 11) is 0. The smallest absolute Gasteiger partial charge is 0.160 e. The van der Waals surface area contributed by atoms with Crippen LogP contribution in [0.4, 0.5) is 0 Å². The highest BCUT2D eigenvalue weighted by atomic mass is 32.1. The van der Waals surface area contributed by atoms with Crippen molar-refractivity contribution in [3.8, 4) is 78.1 Å². The summed E-state index contributed by atoms with van der Waals surface area (Å²) in [5.74, 6) is 0.693. The van der Waals surface area contributed by atoms with Crippen molar-refractivity contribution >= 4 is 43.1 Å². The zero-order valence-electron chi connectivity index (χ0n) is 31.7. The van der Waals surface area contributed by atoms with Crippen LogP contribution in [0.2, 0.25) is 0 Å². The Labute approximate surface area is 345 Å². The normalized spacial score (nSPS) is 11.4. The van der Waals surface area contributed by atoms with Crippen molar-refractivity contribution in [1.29, 1.82) is 0 Å². The Balaban J connectivity index is 1.11. The molecule has 0 aliphatic heterocycles. The number of pyridine rings is 3. The van der Waals surface area contributed by atoms with Gasteiger partial charge in [-0.3, -0.25) is 9.97 Å². The zero-order valence-corrected chi connectivity index (χ0v) is 32.5. The van der Waals surface area contributed by atoms with Crippen molar-refractivity contribution in [1.82, 2.24) is 24.9 Å². The Morgan fingerprint density at radius 3 is 1.76 bits per heavy atom. The highest BCUT2D eigenvalue weighted by molar-refractivity contribution is 7.24. The fourth-order valence-electron chi connectivity index (χ4n) is 7.92. The Morgan fingerprint density at radius 2 is 1.00 bits per heavy atom. The lowest BCUT2D eigenvalue weighted by Gasteiger charge is -2.13. The van der Waals surface area contributed by atoms with Crippen LogP contribution in [-0.2, 0) is 0 Å². The van der Waals surface area contributed by atoms with Crippen molar-refractivity contribution in [2.75, 3.05) is 0 Å². The highest BCUT2D eigenvalue weighted by Gasteiger charge is 2.24. The lowest BCUT2D eigenvalue weighted by Crippen LogP contribution is -1.96. The molecular formula is C53H33N5S. The number of hydrogen-bond donors (Lipinski definition) is 0. The van der Waals surface area contributed by atoms with E-state index in [1.54, 1.807) is 11.3 Å². The van der Waals surface area contributed by atoms with E-state index in [0.717, 1.165) is 93.3 Å². The first-order valence-electron chi connectivity index (χ1n) is 19.6. The van der Waals surface area contributed by atoms with Crippen LogP contribution >= 0.6 is 11.3 Å². The van der Waals surface area contributed by atoms with Crippen LogP contribution in [0.15, 0.2) is 200 Å². The molecule has 0 amide bonds. The van der Waals surface area contributed by atoms with E-state index in [-0.39, 0.29) is 0 Å². The molecule has 0 radical (unpaired) electrons. The van der Waals surface area contributed by atoms with E-state index in [0.29, 0.717) is 5.82 Å². The second-order valence-electron chi connectivity index (χ2n) is 14.5. The van der Waals surface area contributed by atoms with Crippen LogP contribution in [0.3, 0.4) is 0 Å². The van der Waals surface area contributed by atoms with Crippen LogP contribution in [0, 0.1) is 0 Å². The number of fused-ring (bicyclic) bond motifs is 4. The summed E-state index contributed by atoms with van der Waals surface area (Å²) in [6.07, 6.45) is 3.72. The molecule has 5 aromatic heterocycles. The van der Waals surface area contributed by atoms with Crippen molar-refractivity contribution in [3.63, 3.8) is 0 Å². The maximum absolute atomic E-state index is 5.57. The molecule has 0 N–H and O–H groups in total. The maximum Gasteiger partial charge on any atom is 0.160 e. The molecular weight excluding hydrogens is 739 g/mol. The topological polar surface area (TPSA) is 64.5 Å². The molecule has 0 atom stereocenters. The van der Waals surface area contributed by atoms with Crippen molar-refractivity contribution in [2.24, 2.45) is 0 Å². The number of nitrogens with zero attached hydrogens (tertiary/aromatic N) is 5. The fourth-order valence-corrected chi connectivity index (χ4v) is 9.24. The Morgan fingerprint density at radius 1 is 0.373 bits per heavy atom. The molecule has 6 heteroatoms. The molecule has 5 nitrogen and oxygen atoms in total. The molecule has 0 saturated heterocycles. The van der Waals surface area contributed by atoms with Crippen LogP contribution in [0.25, 0.3) is 110 Å². The van der Waals surface area contributed by atoms with Gasteiger partial charge >= 0.3 is 0 Å². The predicted octanol–water partition coefficient (Wildman–Crippen LogP) is 13.9. The summed E-state index contributed by atoms with van der Waals surface area (Å²) in [6, 6.07) is 65.1. The molecule has 0 saturated carbocycles. The minimum absolute atomic E-state index is 0.693. The van der Waals surface area contributed by atoms with Gasteiger partial charge in [0.25, 0.3) is 0 Å². The number of benzene rings is 6. The Hall–Kier alpha value is -7.67. The van der Waals surface area contributed by atoms with Gasteiger partial charge in [-0.1, -0.05) is 140 Å². The summed E-state index contributed by atoms with van der Waals surface area (Å²) in [5.41, 5.74) is 12.7. The van der Waals surface area contributed by atoms with Gasteiger partial charge < -0.3 is 0 Å². The van der Waals surface area contributed by atoms with Gasteiger partial charge in [0.1, 0.15) is 0 Å². The summed E-state index contributed by atoms with van der Waals surface area (Å²) in [4.78, 5) is 26.5. The average Bonchev–Trinajstić information content (AvgIpc) is 3.73. The van der Waals surface area contributed by atoms with Crippen molar-refractivity contribution in [3.05, 3.63) is 200 Å². The fraction of sp³-hybridized carbons (Fsp3) is 0. The summed E-state index contributed by atoms with van der Waals surface area (Å²) >= 11 is 1.76. The molecule has 0 aliphatic carbocycles. The first kappa shape index (κ1) is 34.6. The van der Waals surface area contributed by atoms with Crippen molar-refractivity contribution < 1.29 is 0 Å². The molecule has 6 aromatic carbocycles. The summed E-state index contributed by atoms with van der Waals surface area (Å²) in [6.45, 7) is 0. The highest BCUT2D eigenvalue weighted by Crippen LogP contribution is 2.49. The van der Waals surface area contributed by atoms with Gasteiger partial charge in [-0.2, -0.15) is 0 Å². The molecule has 0 unspecified atom stereocenters. The summed E-state index contributed by atoms with van der Waals surface area (Å²) in [5, 5.41) is 4.53. The van der Waals surface area contributed by atoms with Gasteiger partial charge in [0.15, 0.2) is 5.82 Å². The van der Waals surface area contributed by atoms with Crippen LogP contribution < -0.4 is 0 Å². The number of rotatable bonds is 7. The molecule has 276 valence electrons. The molecule has 0 bridgehead atoms. The number of hydrogen-bond acceptors (Lipinski definition) is 6. The Bertz CT molecular complexity index is 3250. The third kappa shape index (κ3) is 6.42. The monoisotopic (exact) mass is 771 g/mol. The van der Waals surface area contributed by atoms with Crippen LogP contribution in [0.1, 0.15) is 0 Å². The molecule has 5 heterocycles. The van der Waals surface area contributed by atoms with E-state index >= 15 is 0 Å². The molecule has 59 heavy (non-hydrogen) atoms. The van der Waals surface area contributed by atoms with Gasteiger partial charge in [-0.05, 0) is 70.4 Å². The lowest BCUT2D eigenvalue weighted by atomic mass is 9.95. The molecule has 11 rings (SSSR count). The van der Waals surface area contributed by atoms with E-state index < -0.39 is 0 Å². The average molecular weight is 772 g/mol. The predicted molar refractivity (Wildman–Crippen MR) is 244 cm³/mol. The van der Waals surface area contributed by atoms with E-state index in [1.807, 2.05) is 73.1 Å². The lowest BCUT2D eigenvalue weighted by molar-refractivity contribution is 1.18. The van der Waals surface area contributed by atoms with E-state index in [1.165, 1.54) is 10.8 Å². The van der Waals surface area contributed by atoms with Crippen LogP contribution in [0.5, 0.6) is 0 Å². The first-order valence-corrected chi connectivity index (χ1v) is 20.4. The molecule has 0 spiro atoms. The van der Waals surface area contributed by atoms with Gasteiger partial charge in [0.05, 0.1) is 38.9 Å². The van der Waals surface area contributed by atoms with Gasteiger partial charge in [-0.25, -0.2) is 15.0 Å². The van der Waals surface area contributed by atoms with E-state index in [9.17, 15) is 0 Å². The maximum atomic E-state index is 5.57. The molecule has 11 aromatic rings.